The second-order valence-electron chi connectivity index (χ2n) is 5.85. The summed E-state index contributed by atoms with van der Waals surface area (Å²) in [5.41, 5.74) is 1.49. The van der Waals surface area contributed by atoms with Crippen LogP contribution >= 0.6 is 0 Å². The van der Waals surface area contributed by atoms with E-state index in [0.29, 0.717) is 18.0 Å². The van der Waals surface area contributed by atoms with E-state index in [2.05, 4.69) is 4.98 Å². The Bertz CT molecular complexity index is 907. The number of hydrogen-bond acceptors (Lipinski definition) is 4. The Morgan fingerprint density at radius 1 is 1.21 bits per heavy atom. The van der Waals surface area contributed by atoms with E-state index in [1.165, 1.54) is 16.5 Å². The summed E-state index contributed by atoms with van der Waals surface area (Å²) in [6.07, 6.45) is 3.41. The van der Waals surface area contributed by atoms with E-state index in [9.17, 15) is 14.5 Å². The number of pyridine rings is 1. The van der Waals surface area contributed by atoms with Crippen molar-refractivity contribution in [3.63, 3.8) is 0 Å². The lowest BCUT2D eigenvalue weighted by atomic mass is 10.0. The van der Waals surface area contributed by atoms with Crippen LogP contribution in [-0.4, -0.2) is 20.9 Å². The third-order valence-corrected chi connectivity index (χ3v) is 4.44. The van der Waals surface area contributed by atoms with E-state index in [0.717, 1.165) is 18.4 Å². The summed E-state index contributed by atoms with van der Waals surface area (Å²) in [5, 5.41) is 11.6. The molecule has 1 atom stereocenters. The maximum absolute atomic E-state index is 13.2. The van der Waals surface area contributed by atoms with E-state index in [1.54, 1.807) is 36.5 Å². The van der Waals surface area contributed by atoms with Gasteiger partial charge in [-0.25, -0.2) is 4.39 Å². The molecular formula is C17H15FN4O2. The number of benzene rings is 1. The van der Waals surface area contributed by atoms with Crippen LogP contribution < -0.4 is 4.90 Å². The Balaban J connectivity index is 1.82. The van der Waals surface area contributed by atoms with Crippen LogP contribution in [0.2, 0.25) is 0 Å². The van der Waals surface area contributed by atoms with E-state index in [-0.39, 0.29) is 17.7 Å². The summed E-state index contributed by atoms with van der Waals surface area (Å²) in [7, 11) is 0. The highest BCUT2D eigenvalue weighted by Crippen LogP contribution is 2.40. The summed E-state index contributed by atoms with van der Waals surface area (Å²) < 4.78 is 14.7. The minimum Gasteiger partial charge on any atom is -0.358 e. The highest BCUT2D eigenvalue weighted by molar-refractivity contribution is 5.64. The largest absolute Gasteiger partial charge is 0.372 e. The number of anilines is 1. The van der Waals surface area contributed by atoms with Crippen LogP contribution in [0.25, 0.3) is 5.65 Å². The van der Waals surface area contributed by atoms with Crippen LogP contribution in [0.4, 0.5) is 16.0 Å². The molecule has 0 N–H and O–H groups in total. The molecule has 0 aliphatic carbocycles. The molecule has 2 aromatic heterocycles. The quantitative estimate of drug-likeness (QED) is 0.543. The number of rotatable bonds is 3. The summed E-state index contributed by atoms with van der Waals surface area (Å²) in [6, 6.07) is 11.6. The predicted molar refractivity (Wildman–Crippen MR) is 87.6 cm³/mol. The van der Waals surface area contributed by atoms with Gasteiger partial charge in [-0.2, -0.15) is 9.38 Å². The van der Waals surface area contributed by atoms with Crippen molar-refractivity contribution in [2.24, 2.45) is 0 Å². The third kappa shape index (κ3) is 2.29. The maximum Gasteiger partial charge on any atom is 0.372 e. The third-order valence-electron chi connectivity index (χ3n) is 4.44. The number of nitrogens with zero attached hydrogens (tertiary/aromatic N) is 4. The van der Waals surface area contributed by atoms with Crippen LogP contribution in [-0.2, 0) is 0 Å². The van der Waals surface area contributed by atoms with Crippen LogP contribution in [0.15, 0.2) is 48.7 Å². The van der Waals surface area contributed by atoms with E-state index < -0.39 is 4.92 Å². The molecule has 122 valence electrons. The average Bonchev–Trinajstić information content (AvgIpc) is 3.19. The molecule has 0 saturated carbocycles. The standard InChI is InChI=1S/C17H15FN4O2/c18-13-8-6-12(7-9-13)14-4-3-11-20(14)16-17(22(23)24)21-10-2-1-5-15(21)19-16/h1-2,5-10,14H,3-4,11H2. The molecule has 1 saturated heterocycles. The molecule has 4 rings (SSSR count). The molecular weight excluding hydrogens is 311 g/mol. The highest BCUT2D eigenvalue weighted by atomic mass is 19.1. The molecule has 6 nitrogen and oxygen atoms in total. The van der Waals surface area contributed by atoms with Gasteiger partial charge in [0.2, 0.25) is 11.5 Å². The number of hydrogen-bond donors (Lipinski definition) is 0. The number of aromatic nitrogens is 2. The molecule has 1 fully saturated rings. The van der Waals surface area contributed by atoms with Gasteiger partial charge < -0.3 is 15.0 Å². The average molecular weight is 326 g/mol. The molecule has 0 radical (unpaired) electrons. The molecule has 0 amide bonds. The Morgan fingerprint density at radius 3 is 2.75 bits per heavy atom. The molecule has 3 aromatic rings. The Kier molecular flexibility index (Phi) is 3.41. The molecule has 1 aromatic carbocycles. The summed E-state index contributed by atoms with van der Waals surface area (Å²) in [4.78, 5) is 17.7. The van der Waals surface area contributed by atoms with Gasteiger partial charge in [-0.3, -0.25) is 0 Å². The first-order chi connectivity index (χ1) is 11.6. The minimum atomic E-state index is -0.393. The van der Waals surface area contributed by atoms with Crippen molar-refractivity contribution in [2.45, 2.75) is 18.9 Å². The number of halogens is 1. The van der Waals surface area contributed by atoms with Gasteiger partial charge in [0.15, 0.2) is 0 Å². The molecule has 3 heterocycles. The van der Waals surface area contributed by atoms with E-state index in [1.807, 2.05) is 4.90 Å². The molecule has 0 bridgehead atoms. The zero-order valence-electron chi connectivity index (χ0n) is 12.8. The normalized spacial score (nSPS) is 17.5. The van der Waals surface area contributed by atoms with Gasteiger partial charge >= 0.3 is 5.82 Å². The fourth-order valence-electron chi connectivity index (χ4n) is 3.38. The van der Waals surface area contributed by atoms with Gasteiger partial charge in [0, 0.05) is 12.6 Å². The molecule has 1 aliphatic rings. The minimum absolute atomic E-state index is 0.0281. The molecule has 0 spiro atoms. The topological polar surface area (TPSA) is 63.7 Å². The van der Waals surface area contributed by atoms with Crippen LogP contribution in [0, 0.1) is 15.9 Å². The lowest BCUT2D eigenvalue weighted by molar-refractivity contribution is -0.389. The zero-order chi connectivity index (χ0) is 16.7. The Labute approximate surface area is 137 Å². The Hall–Kier alpha value is -2.96. The Morgan fingerprint density at radius 2 is 2.00 bits per heavy atom. The van der Waals surface area contributed by atoms with Crippen molar-refractivity contribution in [1.29, 1.82) is 0 Å². The van der Waals surface area contributed by atoms with Crippen molar-refractivity contribution < 1.29 is 9.31 Å². The first-order valence-electron chi connectivity index (χ1n) is 7.79. The van der Waals surface area contributed by atoms with Gasteiger partial charge in [-0.1, -0.05) is 18.2 Å². The van der Waals surface area contributed by atoms with Crippen LogP contribution in [0.5, 0.6) is 0 Å². The fourth-order valence-corrected chi connectivity index (χ4v) is 3.38. The van der Waals surface area contributed by atoms with Crippen molar-refractivity contribution >= 4 is 17.3 Å². The lowest BCUT2D eigenvalue weighted by Crippen LogP contribution is -2.23. The number of nitro groups is 1. The maximum atomic E-state index is 13.2. The van der Waals surface area contributed by atoms with Crippen LogP contribution in [0.1, 0.15) is 24.4 Å². The summed E-state index contributed by atoms with van der Waals surface area (Å²) >= 11 is 0. The number of imidazole rings is 1. The summed E-state index contributed by atoms with van der Waals surface area (Å²) in [6.45, 7) is 0.687. The highest BCUT2D eigenvalue weighted by Gasteiger charge is 2.34. The summed E-state index contributed by atoms with van der Waals surface area (Å²) in [5.74, 6) is 0.0552. The van der Waals surface area contributed by atoms with Gasteiger partial charge in [-0.15, -0.1) is 0 Å². The van der Waals surface area contributed by atoms with Crippen molar-refractivity contribution in [1.82, 2.24) is 9.38 Å². The fraction of sp³-hybridized carbons (Fsp3) is 0.235. The van der Waals surface area contributed by atoms with Gasteiger partial charge in [0.25, 0.3) is 0 Å². The molecule has 7 heteroatoms. The second kappa shape index (κ2) is 5.59. The first-order valence-corrected chi connectivity index (χ1v) is 7.79. The van der Waals surface area contributed by atoms with Crippen molar-refractivity contribution in [3.05, 3.63) is 70.2 Å². The predicted octanol–water partition coefficient (Wildman–Crippen LogP) is 3.72. The van der Waals surface area contributed by atoms with E-state index >= 15 is 0 Å². The monoisotopic (exact) mass is 326 g/mol. The first kappa shape index (κ1) is 14.6. The van der Waals surface area contributed by atoms with Gasteiger partial charge in [0.05, 0.1) is 12.2 Å². The molecule has 1 aliphatic heterocycles. The molecule has 1 unspecified atom stereocenters. The van der Waals surface area contributed by atoms with Gasteiger partial charge in [-0.05, 0) is 41.5 Å². The number of fused-ring (bicyclic) bond motifs is 1. The second-order valence-corrected chi connectivity index (χ2v) is 5.85. The van der Waals surface area contributed by atoms with E-state index in [4.69, 9.17) is 0 Å². The molecule has 24 heavy (non-hydrogen) atoms. The van der Waals surface area contributed by atoms with Gasteiger partial charge in [0.1, 0.15) is 5.82 Å². The SMILES string of the molecule is O=[N+]([O-])c1c(N2CCCC2c2ccc(F)cc2)nc2ccccn12. The smallest absolute Gasteiger partial charge is 0.358 e. The van der Waals surface area contributed by atoms with Crippen LogP contribution in [0.3, 0.4) is 0 Å². The van der Waals surface area contributed by atoms with Crippen molar-refractivity contribution in [2.75, 3.05) is 11.4 Å². The lowest BCUT2D eigenvalue weighted by Gasteiger charge is -2.24. The zero-order valence-corrected chi connectivity index (χ0v) is 12.8. The van der Waals surface area contributed by atoms with Crippen molar-refractivity contribution in [3.8, 4) is 0 Å².